The van der Waals surface area contributed by atoms with Gasteiger partial charge < -0.3 is 15.7 Å². The van der Waals surface area contributed by atoms with Crippen LogP contribution >= 0.6 is 0 Å². The average molecular weight is 242 g/mol. The van der Waals surface area contributed by atoms with Gasteiger partial charge in [0, 0.05) is 19.1 Å². The number of rotatable bonds is 9. The summed E-state index contributed by atoms with van der Waals surface area (Å²) in [7, 11) is 0. The van der Waals surface area contributed by atoms with Crippen LogP contribution in [0.4, 0.5) is 0 Å². The van der Waals surface area contributed by atoms with E-state index in [1.807, 2.05) is 6.92 Å². The molecule has 1 aliphatic rings. The third kappa shape index (κ3) is 5.36. The Balaban J connectivity index is 2.25. The number of nitrogens with zero attached hydrogens (tertiary/aromatic N) is 1. The highest BCUT2D eigenvalue weighted by molar-refractivity contribution is 4.81. The lowest BCUT2D eigenvalue weighted by molar-refractivity contribution is 0.0304. The summed E-state index contributed by atoms with van der Waals surface area (Å²) in [4.78, 5) is 2.55. The van der Waals surface area contributed by atoms with Crippen molar-refractivity contribution in [1.82, 2.24) is 4.90 Å². The van der Waals surface area contributed by atoms with E-state index in [-0.39, 0.29) is 0 Å². The van der Waals surface area contributed by atoms with Crippen molar-refractivity contribution in [1.29, 1.82) is 0 Å². The van der Waals surface area contributed by atoms with Gasteiger partial charge in [-0.05, 0) is 58.4 Å². The van der Waals surface area contributed by atoms with Crippen molar-refractivity contribution < 1.29 is 5.11 Å². The second-order valence-electron chi connectivity index (χ2n) is 5.92. The quantitative estimate of drug-likeness (QED) is 0.650. The predicted molar refractivity (Wildman–Crippen MR) is 73.0 cm³/mol. The first kappa shape index (κ1) is 14.9. The van der Waals surface area contributed by atoms with E-state index in [1.165, 1.54) is 19.4 Å². The number of nitrogens with two attached hydrogens (primary N) is 1. The van der Waals surface area contributed by atoms with Crippen LogP contribution in [0.1, 0.15) is 52.9 Å². The predicted octanol–water partition coefficient (Wildman–Crippen LogP) is 1.99. The molecule has 1 rings (SSSR count). The molecular weight excluding hydrogens is 212 g/mol. The summed E-state index contributed by atoms with van der Waals surface area (Å²) in [6.07, 6.45) is 5.45. The van der Waals surface area contributed by atoms with E-state index < -0.39 is 5.60 Å². The minimum Gasteiger partial charge on any atom is -0.389 e. The van der Waals surface area contributed by atoms with Gasteiger partial charge in [-0.2, -0.15) is 0 Å². The largest absolute Gasteiger partial charge is 0.389 e. The summed E-state index contributed by atoms with van der Waals surface area (Å²) in [6, 6.07) is 0.614. The first-order valence-corrected chi connectivity index (χ1v) is 7.17. The fraction of sp³-hybridized carbons (Fsp3) is 1.00. The van der Waals surface area contributed by atoms with Crippen molar-refractivity contribution in [2.24, 2.45) is 11.7 Å². The summed E-state index contributed by atoms with van der Waals surface area (Å²) < 4.78 is 0. The molecule has 102 valence electrons. The Labute approximate surface area is 106 Å². The molecule has 17 heavy (non-hydrogen) atoms. The first-order chi connectivity index (χ1) is 8.00. The molecule has 3 heteroatoms. The minimum atomic E-state index is -0.637. The fourth-order valence-corrected chi connectivity index (χ4v) is 2.23. The minimum absolute atomic E-state index is 0.383. The molecule has 1 saturated carbocycles. The lowest BCUT2D eigenvalue weighted by Crippen LogP contribution is -2.39. The van der Waals surface area contributed by atoms with Crippen LogP contribution in [0, 0.1) is 5.92 Å². The molecule has 3 N–H and O–H groups in total. The molecule has 1 fully saturated rings. The van der Waals surface area contributed by atoms with E-state index in [0.29, 0.717) is 12.6 Å². The number of aliphatic hydroxyl groups is 1. The second-order valence-corrected chi connectivity index (χ2v) is 5.92. The van der Waals surface area contributed by atoms with E-state index in [1.54, 1.807) is 0 Å². The van der Waals surface area contributed by atoms with Crippen LogP contribution in [-0.4, -0.2) is 41.3 Å². The third-order valence-corrected chi connectivity index (χ3v) is 4.05. The van der Waals surface area contributed by atoms with Crippen LogP contribution in [0.2, 0.25) is 0 Å². The Morgan fingerprint density at radius 2 is 2.06 bits per heavy atom. The van der Waals surface area contributed by atoms with E-state index in [9.17, 15) is 5.11 Å². The van der Waals surface area contributed by atoms with E-state index in [4.69, 9.17) is 5.73 Å². The average Bonchev–Trinajstić information content (AvgIpc) is 3.11. The Morgan fingerprint density at radius 3 is 2.47 bits per heavy atom. The van der Waals surface area contributed by atoms with Crippen molar-refractivity contribution in [3.8, 4) is 0 Å². The standard InChI is InChI=1S/C14H30N2O/c1-4-14(17,11-15)8-5-9-16(12(2)3)10-13-6-7-13/h12-13,17H,4-11,15H2,1-3H3. The summed E-state index contributed by atoms with van der Waals surface area (Å²) in [5.41, 5.74) is 4.98. The molecule has 0 aromatic carbocycles. The molecule has 1 atom stereocenters. The molecule has 0 aromatic rings. The van der Waals surface area contributed by atoms with Crippen LogP contribution < -0.4 is 5.73 Å². The van der Waals surface area contributed by atoms with Gasteiger partial charge in [0.1, 0.15) is 0 Å². The highest BCUT2D eigenvalue weighted by atomic mass is 16.3. The number of hydrogen-bond acceptors (Lipinski definition) is 3. The molecule has 0 aliphatic heterocycles. The van der Waals surface area contributed by atoms with Gasteiger partial charge in [0.05, 0.1) is 5.60 Å². The molecule has 0 saturated heterocycles. The molecule has 0 heterocycles. The van der Waals surface area contributed by atoms with Crippen LogP contribution in [0.25, 0.3) is 0 Å². The Morgan fingerprint density at radius 1 is 1.41 bits per heavy atom. The van der Waals surface area contributed by atoms with Crippen LogP contribution in [0.15, 0.2) is 0 Å². The van der Waals surface area contributed by atoms with Gasteiger partial charge in [-0.25, -0.2) is 0 Å². The number of hydrogen-bond donors (Lipinski definition) is 2. The molecular formula is C14H30N2O. The van der Waals surface area contributed by atoms with Gasteiger partial charge in [0.2, 0.25) is 0 Å². The monoisotopic (exact) mass is 242 g/mol. The zero-order valence-electron chi connectivity index (χ0n) is 11.8. The van der Waals surface area contributed by atoms with Crippen molar-refractivity contribution in [2.75, 3.05) is 19.6 Å². The first-order valence-electron chi connectivity index (χ1n) is 7.17. The van der Waals surface area contributed by atoms with E-state index in [0.717, 1.165) is 31.7 Å². The van der Waals surface area contributed by atoms with Crippen molar-refractivity contribution in [3.63, 3.8) is 0 Å². The van der Waals surface area contributed by atoms with Crippen molar-refractivity contribution in [2.45, 2.75) is 64.5 Å². The molecule has 0 radical (unpaired) electrons. The highest BCUT2D eigenvalue weighted by Crippen LogP contribution is 2.30. The Bertz CT molecular complexity index is 210. The van der Waals surface area contributed by atoms with E-state index >= 15 is 0 Å². The fourth-order valence-electron chi connectivity index (χ4n) is 2.23. The topological polar surface area (TPSA) is 49.5 Å². The van der Waals surface area contributed by atoms with E-state index in [2.05, 4.69) is 18.7 Å². The van der Waals surface area contributed by atoms with Gasteiger partial charge in [-0.3, -0.25) is 0 Å². The Kier molecular flexibility index (Phi) is 5.90. The molecule has 0 aromatic heterocycles. The van der Waals surface area contributed by atoms with Gasteiger partial charge in [-0.15, -0.1) is 0 Å². The lowest BCUT2D eigenvalue weighted by atomic mass is 9.94. The summed E-state index contributed by atoms with van der Waals surface area (Å²) in [5, 5.41) is 10.1. The maximum absolute atomic E-state index is 10.1. The Hall–Kier alpha value is -0.120. The SMILES string of the molecule is CCC(O)(CN)CCCN(CC1CC1)C(C)C. The maximum Gasteiger partial charge on any atom is 0.0767 e. The van der Waals surface area contributed by atoms with Gasteiger partial charge in [0.25, 0.3) is 0 Å². The maximum atomic E-state index is 10.1. The molecule has 1 aliphatic carbocycles. The normalized spacial score (nSPS) is 19.9. The molecule has 0 amide bonds. The third-order valence-electron chi connectivity index (χ3n) is 4.05. The zero-order valence-corrected chi connectivity index (χ0v) is 11.8. The van der Waals surface area contributed by atoms with Crippen molar-refractivity contribution >= 4 is 0 Å². The smallest absolute Gasteiger partial charge is 0.0767 e. The highest BCUT2D eigenvalue weighted by Gasteiger charge is 2.26. The second kappa shape index (κ2) is 6.72. The van der Waals surface area contributed by atoms with Crippen LogP contribution in [0.5, 0.6) is 0 Å². The summed E-state index contributed by atoms with van der Waals surface area (Å²) >= 11 is 0. The summed E-state index contributed by atoms with van der Waals surface area (Å²) in [6.45, 7) is 9.25. The molecule has 1 unspecified atom stereocenters. The lowest BCUT2D eigenvalue weighted by Gasteiger charge is -2.29. The summed E-state index contributed by atoms with van der Waals surface area (Å²) in [5.74, 6) is 0.942. The molecule has 3 nitrogen and oxygen atoms in total. The molecule has 0 spiro atoms. The van der Waals surface area contributed by atoms with Crippen LogP contribution in [-0.2, 0) is 0 Å². The van der Waals surface area contributed by atoms with Crippen molar-refractivity contribution in [3.05, 3.63) is 0 Å². The molecule has 0 bridgehead atoms. The van der Waals surface area contributed by atoms with Crippen LogP contribution in [0.3, 0.4) is 0 Å². The zero-order chi connectivity index (χ0) is 12.9. The van der Waals surface area contributed by atoms with Gasteiger partial charge in [0.15, 0.2) is 0 Å². The van der Waals surface area contributed by atoms with Gasteiger partial charge >= 0.3 is 0 Å². The van der Waals surface area contributed by atoms with Gasteiger partial charge in [-0.1, -0.05) is 6.92 Å².